The lowest BCUT2D eigenvalue weighted by atomic mass is 10.2. The summed E-state index contributed by atoms with van der Waals surface area (Å²) < 4.78 is 35.9. The molecule has 3 rings (SSSR count). The molecule has 0 aliphatic carbocycles. The maximum Gasteiger partial charge on any atom is 0.416 e. The van der Waals surface area contributed by atoms with Crippen molar-refractivity contribution in [1.29, 1.82) is 0 Å². The van der Waals surface area contributed by atoms with E-state index >= 15 is 0 Å². The highest BCUT2D eigenvalue weighted by Gasteiger charge is 2.29. The lowest BCUT2D eigenvalue weighted by Crippen LogP contribution is -2.07. The Morgan fingerprint density at radius 2 is 1.95 bits per heavy atom. The Morgan fingerprint density at radius 1 is 1.18 bits per heavy atom. The van der Waals surface area contributed by atoms with Crippen molar-refractivity contribution in [3.05, 3.63) is 59.9 Å². The van der Waals surface area contributed by atoms with Crippen LogP contribution in [0.5, 0.6) is 0 Å². The molecule has 2 heterocycles. The molecule has 3 aromatic rings. The van der Waals surface area contributed by atoms with Gasteiger partial charge in [0.1, 0.15) is 5.65 Å². The minimum atomic E-state index is -4.23. The molecule has 3 nitrogen and oxygen atoms in total. The van der Waals surface area contributed by atoms with Crippen LogP contribution in [0.3, 0.4) is 0 Å². The molecule has 0 aliphatic rings. The number of rotatable bonds is 1. The minimum Gasteiger partial charge on any atom is -0.346 e. The predicted octanol–water partition coefficient (Wildman–Crippen LogP) is 3.23. The van der Waals surface area contributed by atoms with E-state index < -0.39 is 11.7 Å². The van der Waals surface area contributed by atoms with E-state index in [9.17, 15) is 13.2 Å². The summed E-state index contributed by atoms with van der Waals surface area (Å²) in [5.41, 5.74) is 6.93. The average Bonchev–Trinajstić information content (AvgIpc) is 2.90. The van der Waals surface area contributed by atoms with Crippen LogP contribution in [0.2, 0.25) is 0 Å². The zero-order valence-electron chi connectivity index (χ0n) is 11.6. The molecule has 116 valence electrons. The van der Waals surface area contributed by atoms with Gasteiger partial charge in [-0.25, -0.2) is 4.98 Å². The van der Waals surface area contributed by atoms with Gasteiger partial charge in [-0.2, -0.15) is 13.2 Å². The first-order chi connectivity index (χ1) is 10.4. The summed E-state index contributed by atoms with van der Waals surface area (Å²) in [6.07, 6.45) is -0.566. The average molecular weight is 325 g/mol. The highest BCUT2D eigenvalue weighted by atomic mass is 31.0. The normalized spacial score (nSPS) is 11.1. The first-order valence-corrected chi connectivity index (χ1v) is 7.03. The van der Waals surface area contributed by atoms with Crippen molar-refractivity contribution < 1.29 is 13.2 Å². The number of aromatic nitrogens is 2. The molecule has 0 amide bonds. The molecule has 1 atom stereocenters. The van der Waals surface area contributed by atoms with Gasteiger partial charge in [-0.15, -0.1) is 9.24 Å². The second-order valence-electron chi connectivity index (χ2n) is 4.54. The Hall–Kier alpha value is -1.91. The number of hydrogen-bond acceptors (Lipinski definition) is 2. The van der Waals surface area contributed by atoms with Gasteiger partial charge < -0.3 is 10.7 Å². The molecule has 1 aromatic carbocycles. The molecular formula is C15H15F3N3P. The zero-order chi connectivity index (χ0) is 16.2. The lowest BCUT2D eigenvalue weighted by molar-refractivity contribution is -0.137. The van der Waals surface area contributed by atoms with E-state index in [1.807, 2.05) is 18.3 Å². The number of H-pyrrole nitrogens is 1. The van der Waals surface area contributed by atoms with Gasteiger partial charge in [-0.3, -0.25) is 0 Å². The number of aromatic amines is 1. The van der Waals surface area contributed by atoms with Gasteiger partial charge in [0, 0.05) is 24.3 Å². The fourth-order valence-corrected chi connectivity index (χ4v) is 2.19. The quantitative estimate of drug-likeness (QED) is 0.675. The van der Waals surface area contributed by atoms with E-state index in [1.165, 1.54) is 6.07 Å². The predicted molar refractivity (Wildman–Crippen MR) is 84.8 cm³/mol. The Morgan fingerprint density at radius 3 is 2.55 bits per heavy atom. The summed E-state index contributed by atoms with van der Waals surface area (Å²) in [6, 6.07) is 9.04. The third-order valence-corrected chi connectivity index (χ3v) is 3.33. The van der Waals surface area contributed by atoms with Crippen LogP contribution >= 0.6 is 9.24 Å². The lowest BCUT2D eigenvalue weighted by Gasteiger charge is -2.05. The Labute approximate surface area is 128 Å². The van der Waals surface area contributed by atoms with E-state index in [4.69, 9.17) is 5.73 Å². The third-order valence-electron chi connectivity index (χ3n) is 2.97. The highest BCUT2D eigenvalue weighted by molar-refractivity contribution is 7.27. The number of benzene rings is 1. The fraction of sp³-hybridized carbons (Fsp3) is 0.133. The van der Waals surface area contributed by atoms with Crippen LogP contribution in [0.15, 0.2) is 48.8 Å². The molecule has 1 unspecified atom stereocenters. The number of nitrogens with one attached hydrogen (secondary N) is 1. The van der Waals surface area contributed by atoms with E-state index in [2.05, 4.69) is 19.2 Å². The summed E-state index contributed by atoms with van der Waals surface area (Å²) in [5, 5.41) is 1.66. The first kappa shape index (κ1) is 16.5. The van der Waals surface area contributed by atoms with E-state index in [1.54, 1.807) is 12.3 Å². The van der Waals surface area contributed by atoms with Gasteiger partial charge in [0.25, 0.3) is 0 Å². The molecular weight excluding hydrogens is 310 g/mol. The molecule has 0 saturated carbocycles. The number of hydrogen-bond donors (Lipinski definition) is 2. The molecule has 0 fully saturated rings. The van der Waals surface area contributed by atoms with Crippen molar-refractivity contribution in [1.82, 2.24) is 9.97 Å². The summed E-state index contributed by atoms with van der Waals surface area (Å²) in [4.78, 5) is 7.19. The summed E-state index contributed by atoms with van der Waals surface area (Å²) >= 11 is 0. The number of halogens is 3. The van der Waals surface area contributed by atoms with Crippen LogP contribution in [-0.2, 0) is 12.7 Å². The molecule has 7 heteroatoms. The van der Waals surface area contributed by atoms with Gasteiger partial charge >= 0.3 is 6.18 Å². The molecule has 2 aromatic heterocycles. The second kappa shape index (κ2) is 6.90. The molecule has 0 spiro atoms. The van der Waals surface area contributed by atoms with E-state index in [0.717, 1.165) is 28.7 Å². The number of nitrogens with two attached hydrogens (primary N) is 1. The van der Waals surface area contributed by atoms with Crippen LogP contribution in [0.4, 0.5) is 13.2 Å². The highest BCUT2D eigenvalue weighted by Crippen LogP contribution is 2.28. The first-order valence-electron chi connectivity index (χ1n) is 6.45. The smallest absolute Gasteiger partial charge is 0.346 e. The van der Waals surface area contributed by atoms with Crippen molar-refractivity contribution >= 4 is 25.6 Å². The summed E-state index contributed by atoms with van der Waals surface area (Å²) in [6.45, 7) is 0.561. The Bertz CT molecular complexity index is 753. The topological polar surface area (TPSA) is 54.7 Å². The Balaban J connectivity index is 0.000000160. The minimum absolute atomic E-state index is 0.542. The van der Waals surface area contributed by atoms with Gasteiger partial charge in [0.05, 0.1) is 5.56 Å². The maximum atomic E-state index is 12.0. The summed E-state index contributed by atoms with van der Waals surface area (Å²) in [7, 11) is 2.22. The molecule has 3 N–H and O–H groups in total. The van der Waals surface area contributed by atoms with Crippen LogP contribution < -0.4 is 11.0 Å². The van der Waals surface area contributed by atoms with Crippen LogP contribution in [0.25, 0.3) is 11.0 Å². The van der Waals surface area contributed by atoms with Gasteiger partial charge in [-0.1, -0.05) is 12.1 Å². The van der Waals surface area contributed by atoms with Crippen LogP contribution in [-0.4, -0.2) is 9.97 Å². The Kier molecular flexibility index (Phi) is 5.16. The molecule has 0 radical (unpaired) electrons. The SMILES string of the molecule is FC(F)(F)c1cccc(P)c1.NCc1c[nH]c2ncccc12. The zero-order valence-corrected chi connectivity index (χ0v) is 12.7. The van der Waals surface area contributed by atoms with Crippen LogP contribution in [0, 0.1) is 0 Å². The van der Waals surface area contributed by atoms with Gasteiger partial charge in [0.15, 0.2) is 0 Å². The number of alkyl halides is 3. The van der Waals surface area contributed by atoms with Gasteiger partial charge in [-0.05, 0) is 35.1 Å². The van der Waals surface area contributed by atoms with E-state index in [0.29, 0.717) is 11.8 Å². The summed E-state index contributed by atoms with van der Waals surface area (Å²) in [5.74, 6) is 0. The second-order valence-corrected chi connectivity index (χ2v) is 5.21. The molecule has 0 saturated heterocycles. The van der Waals surface area contributed by atoms with Crippen molar-refractivity contribution in [2.24, 2.45) is 5.73 Å². The van der Waals surface area contributed by atoms with Crippen molar-refractivity contribution in [2.45, 2.75) is 12.7 Å². The van der Waals surface area contributed by atoms with Crippen LogP contribution in [0.1, 0.15) is 11.1 Å². The molecule has 0 bridgehead atoms. The molecule has 0 aliphatic heterocycles. The van der Waals surface area contributed by atoms with Crippen molar-refractivity contribution in [3.63, 3.8) is 0 Å². The van der Waals surface area contributed by atoms with E-state index in [-0.39, 0.29) is 0 Å². The molecule has 22 heavy (non-hydrogen) atoms. The van der Waals surface area contributed by atoms with Crippen molar-refractivity contribution in [2.75, 3.05) is 0 Å². The largest absolute Gasteiger partial charge is 0.416 e. The number of fused-ring (bicyclic) bond motifs is 1. The standard InChI is InChI=1S/C8H9N3.C7H6F3P/c9-4-6-5-11-8-7(6)2-1-3-10-8;8-7(9,10)5-2-1-3-6(11)4-5/h1-3,5H,4,9H2,(H,10,11);1-4H,11H2. The number of pyridine rings is 1. The monoisotopic (exact) mass is 325 g/mol. The van der Waals surface area contributed by atoms with Crippen molar-refractivity contribution in [3.8, 4) is 0 Å². The fourth-order valence-electron chi connectivity index (χ4n) is 1.90. The number of nitrogens with zero attached hydrogens (tertiary/aromatic N) is 1. The maximum absolute atomic E-state index is 12.0. The van der Waals surface area contributed by atoms with Gasteiger partial charge in [0.2, 0.25) is 0 Å². The third kappa shape index (κ3) is 4.06.